The maximum atomic E-state index is 11.4. The van der Waals surface area contributed by atoms with E-state index in [1.807, 2.05) is 55.7 Å². The number of carboxylic acids is 2. The van der Waals surface area contributed by atoms with Gasteiger partial charge in [0.1, 0.15) is 5.75 Å². The quantitative estimate of drug-likeness (QED) is 0.557. The van der Waals surface area contributed by atoms with Gasteiger partial charge in [-0.15, -0.1) is 0 Å². The number of aromatic nitrogens is 1. The Kier molecular flexibility index (Phi) is 6.01. The van der Waals surface area contributed by atoms with Crippen LogP contribution in [0, 0.1) is 13.8 Å². The van der Waals surface area contributed by atoms with Crippen molar-refractivity contribution >= 4 is 23.8 Å². The van der Waals surface area contributed by atoms with Gasteiger partial charge < -0.3 is 19.5 Å². The summed E-state index contributed by atoms with van der Waals surface area (Å²) in [5.41, 5.74) is 3.53. The molecule has 0 aliphatic rings. The van der Waals surface area contributed by atoms with E-state index in [4.69, 9.17) is 4.74 Å². The zero-order chi connectivity index (χ0) is 21.8. The lowest BCUT2D eigenvalue weighted by Gasteiger charge is -2.12. The normalized spacial score (nSPS) is 11.0. The Morgan fingerprint density at radius 1 is 1.03 bits per heavy atom. The molecule has 30 heavy (non-hydrogen) atoms. The van der Waals surface area contributed by atoms with Gasteiger partial charge in [0.2, 0.25) is 0 Å². The van der Waals surface area contributed by atoms with Crippen molar-refractivity contribution in [3.05, 3.63) is 76.6 Å². The van der Waals surface area contributed by atoms with E-state index in [2.05, 4.69) is 4.99 Å². The Labute approximate surface area is 173 Å². The third kappa shape index (κ3) is 4.41. The van der Waals surface area contributed by atoms with E-state index in [-0.39, 0.29) is 11.1 Å². The van der Waals surface area contributed by atoms with E-state index in [0.717, 1.165) is 34.5 Å². The molecule has 0 spiro atoms. The lowest BCUT2D eigenvalue weighted by atomic mass is 10.1. The molecular formula is C23H22N2O5. The van der Waals surface area contributed by atoms with E-state index < -0.39 is 11.9 Å². The Morgan fingerprint density at radius 3 is 2.30 bits per heavy atom. The van der Waals surface area contributed by atoms with Crippen molar-refractivity contribution in [2.75, 3.05) is 6.61 Å². The van der Waals surface area contributed by atoms with Crippen molar-refractivity contribution in [2.24, 2.45) is 4.99 Å². The first-order valence-corrected chi connectivity index (χ1v) is 9.38. The number of carboxylic acid groups (broad SMARTS) is 2. The summed E-state index contributed by atoms with van der Waals surface area (Å²) in [4.78, 5) is 27.4. The van der Waals surface area contributed by atoms with Crippen molar-refractivity contribution in [1.82, 2.24) is 4.57 Å². The lowest BCUT2D eigenvalue weighted by Crippen LogP contribution is -2.07. The van der Waals surface area contributed by atoms with Gasteiger partial charge in [-0.1, -0.05) is 6.07 Å². The number of aryl methyl sites for hydroxylation is 1. The number of hydrogen-bond donors (Lipinski definition) is 2. The number of aromatic carboxylic acids is 2. The summed E-state index contributed by atoms with van der Waals surface area (Å²) in [6, 6.07) is 13.4. The summed E-state index contributed by atoms with van der Waals surface area (Å²) in [7, 11) is 0. The number of carbonyl (C=O) groups is 2. The largest absolute Gasteiger partial charge is 0.494 e. The van der Waals surface area contributed by atoms with Crippen molar-refractivity contribution in [3.8, 4) is 11.4 Å². The van der Waals surface area contributed by atoms with Crippen LogP contribution in [0.4, 0.5) is 5.69 Å². The topological polar surface area (TPSA) is 101 Å². The summed E-state index contributed by atoms with van der Waals surface area (Å²) >= 11 is 0. The van der Waals surface area contributed by atoms with Gasteiger partial charge in [0, 0.05) is 34.9 Å². The highest BCUT2D eigenvalue weighted by molar-refractivity contribution is 5.95. The molecule has 0 saturated carbocycles. The molecule has 0 fully saturated rings. The van der Waals surface area contributed by atoms with Gasteiger partial charge in [0.25, 0.3) is 0 Å². The standard InChI is InChI=1S/C23H22N2O5/c1-4-30-21-7-5-6-19(12-21)24-13-18-8-14(2)25(15(18)3)20-10-16(22(26)27)9-17(11-20)23(28)29/h5-13H,4H2,1-3H3,(H,26,27)(H,28,29). The van der Waals surface area contributed by atoms with Crippen molar-refractivity contribution < 1.29 is 24.5 Å². The van der Waals surface area contributed by atoms with E-state index >= 15 is 0 Å². The molecule has 7 heteroatoms. The van der Waals surface area contributed by atoms with Crippen LogP contribution in [0.1, 0.15) is 44.6 Å². The van der Waals surface area contributed by atoms with Gasteiger partial charge in [-0.25, -0.2) is 9.59 Å². The molecule has 0 radical (unpaired) electrons. The van der Waals surface area contributed by atoms with Gasteiger partial charge >= 0.3 is 11.9 Å². The predicted molar refractivity (Wildman–Crippen MR) is 114 cm³/mol. The molecule has 0 amide bonds. The number of hydrogen-bond acceptors (Lipinski definition) is 4. The van der Waals surface area contributed by atoms with E-state index in [9.17, 15) is 19.8 Å². The molecule has 7 nitrogen and oxygen atoms in total. The minimum absolute atomic E-state index is 0.0830. The Hall–Kier alpha value is -3.87. The van der Waals surface area contributed by atoms with Crippen LogP contribution in [0.3, 0.4) is 0 Å². The molecule has 3 rings (SSSR count). The summed E-state index contributed by atoms with van der Waals surface area (Å²) in [6.07, 6.45) is 1.73. The fourth-order valence-corrected chi connectivity index (χ4v) is 3.27. The maximum Gasteiger partial charge on any atom is 0.335 e. The molecule has 2 aromatic carbocycles. The number of benzene rings is 2. The molecular weight excluding hydrogens is 384 g/mol. The van der Waals surface area contributed by atoms with Crippen LogP contribution in [0.25, 0.3) is 5.69 Å². The zero-order valence-corrected chi connectivity index (χ0v) is 16.9. The van der Waals surface area contributed by atoms with Crippen molar-refractivity contribution in [2.45, 2.75) is 20.8 Å². The second-order valence-electron chi connectivity index (χ2n) is 6.73. The fourth-order valence-electron chi connectivity index (χ4n) is 3.27. The molecule has 3 aromatic rings. The highest BCUT2D eigenvalue weighted by Crippen LogP contribution is 2.24. The SMILES string of the molecule is CCOc1cccc(N=Cc2cc(C)n(-c3cc(C(=O)O)cc(C(=O)O)c3)c2C)c1. The van der Waals surface area contributed by atoms with Crippen LogP contribution >= 0.6 is 0 Å². The molecule has 0 aliphatic heterocycles. The zero-order valence-electron chi connectivity index (χ0n) is 16.9. The summed E-state index contributed by atoms with van der Waals surface area (Å²) in [5.74, 6) is -1.63. The van der Waals surface area contributed by atoms with Gasteiger partial charge in [-0.3, -0.25) is 4.99 Å². The van der Waals surface area contributed by atoms with E-state index in [0.29, 0.717) is 12.3 Å². The Bertz CT molecular complexity index is 1110. The first kappa shape index (κ1) is 20.9. The molecule has 1 aromatic heterocycles. The minimum Gasteiger partial charge on any atom is -0.494 e. The average molecular weight is 406 g/mol. The predicted octanol–water partition coefficient (Wildman–Crippen LogP) is 4.64. The average Bonchev–Trinajstić information content (AvgIpc) is 2.99. The first-order chi connectivity index (χ1) is 14.3. The highest BCUT2D eigenvalue weighted by Gasteiger charge is 2.16. The number of aliphatic imine (C=N–C) groups is 1. The van der Waals surface area contributed by atoms with Gasteiger partial charge in [0.15, 0.2) is 0 Å². The van der Waals surface area contributed by atoms with Crippen LogP contribution in [0.2, 0.25) is 0 Å². The first-order valence-electron chi connectivity index (χ1n) is 9.38. The van der Waals surface area contributed by atoms with Crippen molar-refractivity contribution in [1.29, 1.82) is 0 Å². The van der Waals surface area contributed by atoms with Crippen LogP contribution in [-0.4, -0.2) is 39.5 Å². The van der Waals surface area contributed by atoms with E-state index in [1.54, 1.807) is 6.21 Å². The molecule has 2 N–H and O–H groups in total. The molecule has 0 atom stereocenters. The fraction of sp³-hybridized carbons (Fsp3) is 0.174. The van der Waals surface area contributed by atoms with Gasteiger partial charge in [-0.05, 0) is 57.2 Å². The number of rotatable bonds is 7. The Morgan fingerprint density at radius 2 is 1.70 bits per heavy atom. The third-order valence-corrected chi connectivity index (χ3v) is 4.62. The Balaban J connectivity index is 2.01. The number of nitrogens with zero attached hydrogens (tertiary/aromatic N) is 2. The summed E-state index contributed by atoms with van der Waals surface area (Å²) in [5, 5.41) is 18.7. The summed E-state index contributed by atoms with van der Waals surface area (Å²) in [6.45, 7) is 6.23. The smallest absolute Gasteiger partial charge is 0.335 e. The second kappa shape index (κ2) is 8.65. The molecule has 0 saturated heterocycles. The molecule has 1 heterocycles. The van der Waals surface area contributed by atoms with Gasteiger partial charge in [0.05, 0.1) is 23.4 Å². The second-order valence-corrected chi connectivity index (χ2v) is 6.73. The van der Waals surface area contributed by atoms with Crippen LogP contribution in [0.15, 0.2) is 53.5 Å². The third-order valence-electron chi connectivity index (χ3n) is 4.62. The van der Waals surface area contributed by atoms with Crippen LogP contribution in [-0.2, 0) is 0 Å². The summed E-state index contributed by atoms with van der Waals surface area (Å²) < 4.78 is 7.31. The highest BCUT2D eigenvalue weighted by atomic mass is 16.5. The lowest BCUT2D eigenvalue weighted by molar-refractivity contribution is 0.0696. The molecule has 0 unspecified atom stereocenters. The van der Waals surface area contributed by atoms with Gasteiger partial charge in [-0.2, -0.15) is 0 Å². The van der Waals surface area contributed by atoms with Crippen LogP contribution < -0.4 is 4.74 Å². The van der Waals surface area contributed by atoms with Crippen molar-refractivity contribution in [3.63, 3.8) is 0 Å². The molecule has 154 valence electrons. The molecule has 0 aliphatic carbocycles. The maximum absolute atomic E-state index is 11.4. The van der Waals surface area contributed by atoms with Crippen LogP contribution in [0.5, 0.6) is 5.75 Å². The number of ether oxygens (including phenoxy) is 1. The minimum atomic E-state index is -1.18. The van der Waals surface area contributed by atoms with E-state index in [1.165, 1.54) is 12.1 Å². The monoisotopic (exact) mass is 406 g/mol. The molecule has 0 bridgehead atoms.